The number of methoxy groups -OCH3 is 2. The zero-order chi connectivity index (χ0) is 10.4. The molecule has 0 heterocycles. The summed E-state index contributed by atoms with van der Waals surface area (Å²) in [7, 11) is 2.47. The summed E-state index contributed by atoms with van der Waals surface area (Å²) in [6.07, 6.45) is 1.68. The van der Waals surface area contributed by atoms with E-state index in [9.17, 15) is 9.59 Å². The second-order valence-electron chi connectivity index (χ2n) is 2.51. The lowest BCUT2D eigenvalue weighted by molar-refractivity contribution is -0.156. The predicted octanol–water partition coefficient (Wildman–Crippen LogP) is 0.915. The van der Waals surface area contributed by atoms with Gasteiger partial charge in [0.15, 0.2) is 5.92 Å². The van der Waals surface area contributed by atoms with Crippen LogP contribution in [-0.4, -0.2) is 26.2 Å². The molecule has 0 radical (unpaired) electrons. The summed E-state index contributed by atoms with van der Waals surface area (Å²) in [5.41, 5.74) is 0.624. The molecule has 0 aliphatic rings. The molecule has 4 heteroatoms. The van der Waals surface area contributed by atoms with Gasteiger partial charge in [0.1, 0.15) is 0 Å². The average Bonchev–Trinajstić information content (AvgIpc) is 2.16. The van der Waals surface area contributed by atoms with E-state index in [0.29, 0.717) is 5.57 Å². The van der Waals surface area contributed by atoms with E-state index in [1.54, 1.807) is 19.9 Å². The molecule has 0 spiro atoms. The Labute approximate surface area is 77.5 Å². The van der Waals surface area contributed by atoms with Crippen molar-refractivity contribution in [3.8, 4) is 0 Å². The maximum atomic E-state index is 11.1. The normalized spacial score (nSPS) is 11.3. The number of carbonyl (C=O) groups excluding carboxylic acids is 2. The van der Waals surface area contributed by atoms with Crippen molar-refractivity contribution in [2.75, 3.05) is 14.2 Å². The highest BCUT2D eigenvalue weighted by atomic mass is 16.5. The minimum Gasteiger partial charge on any atom is -0.468 e. The zero-order valence-electron chi connectivity index (χ0n) is 8.29. The molecular weight excluding hydrogens is 172 g/mol. The summed E-state index contributed by atoms with van der Waals surface area (Å²) in [6.45, 7) is 3.42. The van der Waals surface area contributed by atoms with Crippen molar-refractivity contribution in [3.05, 3.63) is 11.6 Å². The maximum absolute atomic E-state index is 11.1. The number of hydrogen-bond acceptors (Lipinski definition) is 4. The van der Waals surface area contributed by atoms with Gasteiger partial charge in [0.2, 0.25) is 0 Å². The summed E-state index contributed by atoms with van der Waals surface area (Å²) in [5, 5.41) is 0. The lowest BCUT2D eigenvalue weighted by atomic mass is 10.0. The van der Waals surface area contributed by atoms with E-state index in [1.807, 2.05) is 0 Å². The second kappa shape index (κ2) is 5.35. The summed E-state index contributed by atoms with van der Waals surface area (Å²) in [5.74, 6) is -2.12. The van der Waals surface area contributed by atoms with E-state index in [1.165, 1.54) is 14.2 Å². The average molecular weight is 186 g/mol. The van der Waals surface area contributed by atoms with Gasteiger partial charge >= 0.3 is 11.9 Å². The van der Waals surface area contributed by atoms with Crippen LogP contribution in [0.15, 0.2) is 11.6 Å². The molecule has 0 saturated heterocycles. The Bertz CT molecular complexity index is 214. The maximum Gasteiger partial charge on any atom is 0.324 e. The fourth-order valence-corrected chi connectivity index (χ4v) is 0.870. The Morgan fingerprint density at radius 3 is 1.77 bits per heavy atom. The summed E-state index contributed by atoms with van der Waals surface area (Å²) in [6, 6.07) is 0. The van der Waals surface area contributed by atoms with Gasteiger partial charge in [-0.15, -0.1) is 0 Å². The molecule has 0 rings (SSSR count). The number of ether oxygens (including phenoxy) is 2. The zero-order valence-corrected chi connectivity index (χ0v) is 8.29. The molecule has 0 amide bonds. The fraction of sp³-hybridized carbons (Fsp3) is 0.556. The van der Waals surface area contributed by atoms with Crippen molar-refractivity contribution in [2.45, 2.75) is 13.8 Å². The molecular formula is C9H14O4. The van der Waals surface area contributed by atoms with Crippen molar-refractivity contribution in [1.29, 1.82) is 0 Å². The van der Waals surface area contributed by atoms with Gasteiger partial charge in [-0.1, -0.05) is 11.6 Å². The van der Waals surface area contributed by atoms with Crippen LogP contribution >= 0.6 is 0 Å². The Morgan fingerprint density at radius 2 is 1.54 bits per heavy atom. The van der Waals surface area contributed by atoms with Crippen LogP contribution in [0.3, 0.4) is 0 Å². The SMILES string of the molecule is C/C=C(/C)C(C(=O)OC)C(=O)OC. The standard InChI is InChI=1S/C9H14O4/c1-5-6(2)7(8(10)12-3)9(11)13-4/h5,7H,1-4H3/b6-5-. The molecule has 0 aromatic rings. The van der Waals surface area contributed by atoms with Crippen molar-refractivity contribution in [1.82, 2.24) is 0 Å². The number of esters is 2. The van der Waals surface area contributed by atoms with Crippen molar-refractivity contribution in [2.24, 2.45) is 5.92 Å². The monoisotopic (exact) mass is 186 g/mol. The number of hydrogen-bond donors (Lipinski definition) is 0. The van der Waals surface area contributed by atoms with E-state index in [0.717, 1.165) is 0 Å². The summed E-state index contributed by atoms with van der Waals surface area (Å²) in [4.78, 5) is 22.3. The topological polar surface area (TPSA) is 52.6 Å². The first kappa shape index (κ1) is 11.7. The minimum atomic E-state index is -0.931. The van der Waals surface area contributed by atoms with Crippen molar-refractivity contribution in [3.63, 3.8) is 0 Å². The quantitative estimate of drug-likeness (QED) is 0.373. The predicted molar refractivity (Wildman–Crippen MR) is 47.0 cm³/mol. The molecule has 0 unspecified atom stereocenters. The number of allylic oxidation sites excluding steroid dienone is 1. The van der Waals surface area contributed by atoms with Crippen molar-refractivity contribution >= 4 is 11.9 Å². The van der Waals surface area contributed by atoms with Gasteiger partial charge < -0.3 is 9.47 Å². The first-order chi connectivity index (χ1) is 6.08. The van der Waals surface area contributed by atoms with E-state index in [2.05, 4.69) is 9.47 Å². The highest BCUT2D eigenvalue weighted by molar-refractivity contribution is 5.97. The van der Waals surface area contributed by atoms with E-state index in [-0.39, 0.29) is 0 Å². The molecule has 0 aromatic carbocycles. The van der Waals surface area contributed by atoms with Crippen LogP contribution in [0.25, 0.3) is 0 Å². The van der Waals surface area contributed by atoms with Gasteiger partial charge in [0, 0.05) is 0 Å². The molecule has 4 nitrogen and oxygen atoms in total. The van der Waals surface area contributed by atoms with Gasteiger partial charge in [0.05, 0.1) is 14.2 Å². The molecule has 0 N–H and O–H groups in total. The second-order valence-corrected chi connectivity index (χ2v) is 2.51. The third-order valence-electron chi connectivity index (χ3n) is 1.78. The molecule has 0 saturated carbocycles. The fourth-order valence-electron chi connectivity index (χ4n) is 0.870. The van der Waals surface area contributed by atoms with Gasteiger partial charge in [0.25, 0.3) is 0 Å². The highest BCUT2D eigenvalue weighted by Crippen LogP contribution is 2.13. The van der Waals surface area contributed by atoms with Gasteiger partial charge in [-0.25, -0.2) is 0 Å². The van der Waals surface area contributed by atoms with Gasteiger partial charge in [-0.05, 0) is 13.8 Å². The lowest BCUT2D eigenvalue weighted by Crippen LogP contribution is -2.27. The number of carbonyl (C=O) groups is 2. The largest absolute Gasteiger partial charge is 0.468 e. The van der Waals surface area contributed by atoms with Gasteiger partial charge in [-0.2, -0.15) is 0 Å². The third kappa shape index (κ3) is 2.89. The van der Waals surface area contributed by atoms with Crippen LogP contribution in [0.2, 0.25) is 0 Å². The van der Waals surface area contributed by atoms with Crippen LogP contribution in [0, 0.1) is 5.92 Å². The first-order valence-electron chi connectivity index (χ1n) is 3.87. The van der Waals surface area contributed by atoms with E-state index < -0.39 is 17.9 Å². The van der Waals surface area contributed by atoms with E-state index >= 15 is 0 Å². The lowest BCUT2D eigenvalue weighted by Gasteiger charge is -2.12. The highest BCUT2D eigenvalue weighted by Gasteiger charge is 2.29. The van der Waals surface area contributed by atoms with Crippen molar-refractivity contribution < 1.29 is 19.1 Å². The molecule has 0 atom stereocenters. The van der Waals surface area contributed by atoms with Crippen LogP contribution in [-0.2, 0) is 19.1 Å². The molecule has 0 fully saturated rings. The molecule has 0 aliphatic heterocycles. The van der Waals surface area contributed by atoms with Gasteiger partial charge in [-0.3, -0.25) is 9.59 Å². The molecule has 13 heavy (non-hydrogen) atoms. The Morgan fingerprint density at radius 1 is 1.15 bits per heavy atom. The first-order valence-corrected chi connectivity index (χ1v) is 3.87. The Balaban J connectivity index is 4.75. The van der Waals surface area contributed by atoms with Crippen LogP contribution in [0.1, 0.15) is 13.8 Å². The van der Waals surface area contributed by atoms with E-state index in [4.69, 9.17) is 0 Å². The molecule has 0 aliphatic carbocycles. The van der Waals surface area contributed by atoms with Crippen LogP contribution in [0.5, 0.6) is 0 Å². The minimum absolute atomic E-state index is 0.595. The third-order valence-corrected chi connectivity index (χ3v) is 1.78. The molecule has 0 bridgehead atoms. The Hall–Kier alpha value is -1.32. The van der Waals surface area contributed by atoms with Crippen LogP contribution < -0.4 is 0 Å². The molecule has 74 valence electrons. The summed E-state index contributed by atoms with van der Waals surface area (Å²) < 4.78 is 8.96. The smallest absolute Gasteiger partial charge is 0.324 e. The summed E-state index contributed by atoms with van der Waals surface area (Å²) >= 11 is 0. The molecule has 0 aromatic heterocycles. The van der Waals surface area contributed by atoms with Crippen LogP contribution in [0.4, 0.5) is 0 Å². The number of rotatable bonds is 3. The Kier molecular flexibility index (Phi) is 4.80.